The van der Waals surface area contributed by atoms with Crippen molar-refractivity contribution in [2.24, 2.45) is 5.73 Å². The fourth-order valence-corrected chi connectivity index (χ4v) is 0.859. The van der Waals surface area contributed by atoms with E-state index in [1.165, 1.54) is 0 Å². The largest absolute Gasteiger partial charge is 0.326 e. The van der Waals surface area contributed by atoms with Crippen LogP contribution in [0.2, 0.25) is 0 Å². The third-order valence-corrected chi connectivity index (χ3v) is 1.63. The van der Waals surface area contributed by atoms with Crippen molar-refractivity contribution in [1.29, 1.82) is 5.41 Å². The van der Waals surface area contributed by atoms with Crippen LogP contribution >= 0.6 is 0 Å². The SMILES string of the molecule is N=C(CN)CCS(=O)(=O)O. The van der Waals surface area contributed by atoms with Crippen molar-refractivity contribution in [3.8, 4) is 0 Å². The molecule has 0 aliphatic carbocycles. The molecule has 6 heteroatoms. The zero-order chi connectivity index (χ0) is 8.20. The smallest absolute Gasteiger partial charge is 0.265 e. The minimum absolute atomic E-state index is 0.00926. The molecule has 60 valence electrons. The van der Waals surface area contributed by atoms with E-state index >= 15 is 0 Å². The molecular formula is C4H10N2O3S. The first-order chi connectivity index (χ1) is 4.45. The Morgan fingerprint density at radius 1 is 1.60 bits per heavy atom. The van der Waals surface area contributed by atoms with Gasteiger partial charge in [-0.2, -0.15) is 8.42 Å². The summed E-state index contributed by atoms with van der Waals surface area (Å²) in [6.07, 6.45) is 0.00926. The van der Waals surface area contributed by atoms with Gasteiger partial charge in [0.05, 0.1) is 5.75 Å². The zero-order valence-corrected chi connectivity index (χ0v) is 6.19. The van der Waals surface area contributed by atoms with E-state index in [4.69, 9.17) is 15.7 Å². The van der Waals surface area contributed by atoms with Crippen molar-refractivity contribution in [2.45, 2.75) is 6.42 Å². The van der Waals surface area contributed by atoms with Crippen LogP contribution in [0.3, 0.4) is 0 Å². The number of rotatable bonds is 4. The van der Waals surface area contributed by atoms with E-state index in [0.717, 1.165) is 0 Å². The Morgan fingerprint density at radius 3 is 2.40 bits per heavy atom. The summed E-state index contributed by atoms with van der Waals surface area (Å²) in [5.74, 6) is -0.414. The van der Waals surface area contributed by atoms with Gasteiger partial charge in [-0.05, 0) is 0 Å². The van der Waals surface area contributed by atoms with Gasteiger partial charge in [-0.15, -0.1) is 0 Å². The molecule has 0 bridgehead atoms. The van der Waals surface area contributed by atoms with E-state index in [9.17, 15) is 8.42 Å². The molecular weight excluding hydrogens is 156 g/mol. The first kappa shape index (κ1) is 9.54. The summed E-state index contributed by atoms with van der Waals surface area (Å²) in [5, 5.41) is 6.92. The lowest BCUT2D eigenvalue weighted by Gasteiger charge is -1.96. The van der Waals surface area contributed by atoms with Crippen LogP contribution in [-0.4, -0.2) is 31.0 Å². The third-order valence-electron chi connectivity index (χ3n) is 0.908. The third kappa shape index (κ3) is 5.67. The highest BCUT2D eigenvalue weighted by Gasteiger charge is 2.04. The first-order valence-electron chi connectivity index (χ1n) is 2.67. The molecule has 0 aliphatic heterocycles. The second-order valence-corrected chi connectivity index (χ2v) is 3.42. The molecule has 0 unspecified atom stereocenters. The molecule has 0 fully saturated rings. The number of nitrogens with two attached hydrogens (primary N) is 1. The molecule has 0 heterocycles. The molecule has 0 spiro atoms. The summed E-state index contributed by atoms with van der Waals surface area (Å²) in [6, 6.07) is 0. The zero-order valence-electron chi connectivity index (χ0n) is 5.37. The van der Waals surface area contributed by atoms with Crippen LogP contribution in [0.25, 0.3) is 0 Å². The molecule has 0 aromatic heterocycles. The van der Waals surface area contributed by atoms with Gasteiger partial charge in [0.2, 0.25) is 0 Å². The molecule has 0 aromatic carbocycles. The second kappa shape index (κ2) is 3.65. The maximum absolute atomic E-state index is 10.1. The fourth-order valence-electron chi connectivity index (χ4n) is 0.354. The summed E-state index contributed by atoms with van der Waals surface area (Å²) in [6.45, 7) is 0.0372. The molecule has 0 atom stereocenters. The highest BCUT2D eigenvalue weighted by atomic mass is 32.2. The topological polar surface area (TPSA) is 104 Å². The van der Waals surface area contributed by atoms with Crippen LogP contribution in [0.5, 0.6) is 0 Å². The molecule has 0 saturated heterocycles. The van der Waals surface area contributed by atoms with Crippen LogP contribution in [-0.2, 0) is 10.1 Å². The van der Waals surface area contributed by atoms with E-state index in [0.29, 0.717) is 0 Å². The lowest BCUT2D eigenvalue weighted by Crippen LogP contribution is -2.16. The molecule has 0 amide bonds. The summed E-state index contributed by atoms with van der Waals surface area (Å²) in [4.78, 5) is 0. The quantitative estimate of drug-likeness (QED) is 0.377. The maximum atomic E-state index is 10.1. The van der Waals surface area contributed by atoms with E-state index in [-0.39, 0.29) is 18.7 Å². The Kier molecular flexibility index (Phi) is 3.48. The van der Waals surface area contributed by atoms with E-state index < -0.39 is 15.9 Å². The normalized spacial score (nSPS) is 11.4. The van der Waals surface area contributed by atoms with Crippen LogP contribution in [0.15, 0.2) is 0 Å². The fraction of sp³-hybridized carbons (Fsp3) is 0.750. The lowest BCUT2D eigenvalue weighted by molar-refractivity contribution is 0.483. The molecule has 4 N–H and O–H groups in total. The highest BCUT2D eigenvalue weighted by Crippen LogP contribution is 1.88. The van der Waals surface area contributed by atoms with Gasteiger partial charge in [0.1, 0.15) is 0 Å². The summed E-state index contributed by atoms with van der Waals surface area (Å²) in [5.41, 5.74) is 5.12. The van der Waals surface area contributed by atoms with Gasteiger partial charge >= 0.3 is 0 Å². The highest BCUT2D eigenvalue weighted by molar-refractivity contribution is 7.85. The molecule has 0 saturated carbocycles. The van der Waals surface area contributed by atoms with E-state index in [2.05, 4.69) is 0 Å². The molecule has 0 aromatic rings. The van der Waals surface area contributed by atoms with Crippen molar-refractivity contribution in [3.05, 3.63) is 0 Å². The Bertz CT molecular complexity index is 209. The molecule has 5 nitrogen and oxygen atoms in total. The van der Waals surface area contributed by atoms with E-state index in [1.54, 1.807) is 0 Å². The minimum Gasteiger partial charge on any atom is -0.326 e. The summed E-state index contributed by atoms with van der Waals surface area (Å²) in [7, 11) is -3.93. The second-order valence-electron chi connectivity index (χ2n) is 1.84. The van der Waals surface area contributed by atoms with Gasteiger partial charge in [-0.1, -0.05) is 0 Å². The molecule has 10 heavy (non-hydrogen) atoms. The Morgan fingerprint density at radius 2 is 2.10 bits per heavy atom. The van der Waals surface area contributed by atoms with Gasteiger partial charge < -0.3 is 11.1 Å². The monoisotopic (exact) mass is 166 g/mol. The van der Waals surface area contributed by atoms with Gasteiger partial charge in [0.15, 0.2) is 0 Å². The van der Waals surface area contributed by atoms with Gasteiger partial charge in [-0.3, -0.25) is 4.55 Å². The number of hydrogen-bond acceptors (Lipinski definition) is 4. The van der Waals surface area contributed by atoms with Crippen LogP contribution in [0.1, 0.15) is 6.42 Å². The predicted molar refractivity (Wildman–Crippen MR) is 37.8 cm³/mol. The van der Waals surface area contributed by atoms with Crippen molar-refractivity contribution in [3.63, 3.8) is 0 Å². The Labute approximate surface area is 59.5 Å². The standard InChI is InChI=1S/C4H10N2O3S/c5-3-4(6)1-2-10(7,8)9/h6H,1-3,5H2,(H,7,8,9). The molecule has 0 aliphatic rings. The van der Waals surface area contributed by atoms with Gasteiger partial charge in [-0.25, -0.2) is 0 Å². The Hall–Kier alpha value is -0.460. The van der Waals surface area contributed by atoms with Crippen molar-refractivity contribution in [2.75, 3.05) is 12.3 Å². The molecule has 0 radical (unpaired) electrons. The predicted octanol–water partition coefficient (Wildman–Crippen LogP) is -0.757. The average Bonchev–Trinajstić information content (AvgIpc) is 1.81. The van der Waals surface area contributed by atoms with Crippen LogP contribution < -0.4 is 5.73 Å². The van der Waals surface area contributed by atoms with Gasteiger partial charge in [0, 0.05) is 18.7 Å². The van der Waals surface area contributed by atoms with Crippen molar-refractivity contribution in [1.82, 2.24) is 0 Å². The van der Waals surface area contributed by atoms with Crippen molar-refractivity contribution < 1.29 is 13.0 Å². The van der Waals surface area contributed by atoms with Crippen LogP contribution in [0, 0.1) is 5.41 Å². The van der Waals surface area contributed by atoms with E-state index in [1.807, 2.05) is 0 Å². The summed E-state index contributed by atoms with van der Waals surface area (Å²) >= 11 is 0. The van der Waals surface area contributed by atoms with Crippen LogP contribution in [0.4, 0.5) is 0 Å². The first-order valence-corrected chi connectivity index (χ1v) is 4.28. The molecule has 0 rings (SSSR count). The number of nitrogens with one attached hydrogen (secondary N) is 1. The lowest BCUT2D eigenvalue weighted by atomic mass is 10.3. The maximum Gasteiger partial charge on any atom is 0.265 e. The average molecular weight is 166 g/mol. The summed E-state index contributed by atoms with van der Waals surface area (Å²) < 4.78 is 28.3. The number of hydrogen-bond donors (Lipinski definition) is 3. The Balaban J connectivity index is 3.67. The minimum atomic E-state index is -3.93. The van der Waals surface area contributed by atoms with Gasteiger partial charge in [0.25, 0.3) is 10.1 Å². The van der Waals surface area contributed by atoms with Crippen molar-refractivity contribution >= 4 is 15.8 Å².